The number of hydrogen-bond acceptors (Lipinski definition) is 3. The Morgan fingerprint density at radius 3 is 2.76 bits per heavy atom. The van der Waals surface area contributed by atoms with Crippen LogP contribution in [-0.2, 0) is 9.47 Å². The Labute approximate surface area is 103 Å². The van der Waals surface area contributed by atoms with Crippen molar-refractivity contribution >= 4 is 0 Å². The standard InChI is InChI=1S/C14H21NO2/c1-3-17-11-7-10-15-14(12-16-2)13-8-5-4-6-9-13/h3-6,8-9,14-15H,1,7,10-12H2,2H3. The zero-order chi connectivity index (χ0) is 12.3. The highest BCUT2D eigenvalue weighted by molar-refractivity contribution is 5.18. The van der Waals surface area contributed by atoms with Crippen LogP contribution in [0.25, 0.3) is 0 Å². The largest absolute Gasteiger partial charge is 0.502 e. The fourth-order valence-electron chi connectivity index (χ4n) is 1.64. The quantitative estimate of drug-likeness (QED) is 0.527. The molecule has 0 fully saturated rings. The minimum absolute atomic E-state index is 0.241. The Kier molecular flexibility index (Phi) is 7.11. The lowest BCUT2D eigenvalue weighted by atomic mass is 10.1. The summed E-state index contributed by atoms with van der Waals surface area (Å²) in [7, 11) is 1.72. The predicted octanol–water partition coefficient (Wildman–Crippen LogP) is 2.51. The molecule has 0 amide bonds. The first-order chi connectivity index (χ1) is 8.38. The molecule has 1 unspecified atom stereocenters. The topological polar surface area (TPSA) is 30.5 Å². The van der Waals surface area contributed by atoms with Crippen LogP contribution in [0.4, 0.5) is 0 Å². The summed E-state index contributed by atoms with van der Waals surface area (Å²) in [4.78, 5) is 0. The smallest absolute Gasteiger partial charge is 0.0885 e. The number of nitrogens with one attached hydrogen (secondary N) is 1. The molecule has 3 nitrogen and oxygen atoms in total. The molecule has 0 aliphatic heterocycles. The van der Waals surface area contributed by atoms with Gasteiger partial charge in [-0.15, -0.1) is 0 Å². The van der Waals surface area contributed by atoms with Crippen molar-refractivity contribution in [3.8, 4) is 0 Å². The highest BCUT2D eigenvalue weighted by Gasteiger charge is 2.09. The summed E-state index contributed by atoms with van der Waals surface area (Å²) in [5.41, 5.74) is 1.25. The molecule has 1 atom stereocenters. The van der Waals surface area contributed by atoms with Gasteiger partial charge in [0.1, 0.15) is 0 Å². The van der Waals surface area contributed by atoms with E-state index in [4.69, 9.17) is 9.47 Å². The lowest BCUT2D eigenvalue weighted by molar-refractivity contribution is 0.164. The molecule has 17 heavy (non-hydrogen) atoms. The second kappa shape index (κ2) is 8.79. The molecule has 1 aromatic carbocycles. The van der Waals surface area contributed by atoms with E-state index in [1.807, 2.05) is 18.2 Å². The zero-order valence-electron chi connectivity index (χ0n) is 10.4. The first-order valence-corrected chi connectivity index (χ1v) is 5.88. The first kappa shape index (κ1) is 13.7. The molecule has 0 radical (unpaired) electrons. The molecule has 0 spiro atoms. The molecule has 0 aliphatic carbocycles. The second-order valence-electron chi connectivity index (χ2n) is 3.76. The number of rotatable bonds is 9. The summed E-state index contributed by atoms with van der Waals surface area (Å²) in [6, 6.07) is 10.6. The Bertz CT molecular complexity index is 300. The normalized spacial score (nSPS) is 12.1. The van der Waals surface area contributed by atoms with Crippen molar-refractivity contribution in [1.82, 2.24) is 5.32 Å². The van der Waals surface area contributed by atoms with Gasteiger partial charge in [0.05, 0.1) is 25.5 Å². The van der Waals surface area contributed by atoms with Crippen LogP contribution in [0.2, 0.25) is 0 Å². The van der Waals surface area contributed by atoms with Gasteiger partial charge in [0, 0.05) is 7.11 Å². The molecule has 0 saturated heterocycles. The molecule has 1 aromatic rings. The van der Waals surface area contributed by atoms with E-state index in [-0.39, 0.29) is 6.04 Å². The highest BCUT2D eigenvalue weighted by atomic mass is 16.5. The molecule has 0 saturated carbocycles. The maximum atomic E-state index is 5.23. The van der Waals surface area contributed by atoms with E-state index in [0.717, 1.165) is 13.0 Å². The van der Waals surface area contributed by atoms with Crippen molar-refractivity contribution in [3.63, 3.8) is 0 Å². The van der Waals surface area contributed by atoms with E-state index in [2.05, 4.69) is 24.0 Å². The fourth-order valence-corrected chi connectivity index (χ4v) is 1.64. The Hall–Kier alpha value is -1.32. The number of methoxy groups -OCH3 is 1. The van der Waals surface area contributed by atoms with Crippen LogP contribution >= 0.6 is 0 Å². The van der Waals surface area contributed by atoms with Crippen molar-refractivity contribution in [2.24, 2.45) is 0 Å². The van der Waals surface area contributed by atoms with Crippen LogP contribution in [0.15, 0.2) is 43.2 Å². The number of hydrogen-bond donors (Lipinski definition) is 1. The third-order valence-corrected chi connectivity index (χ3v) is 2.48. The van der Waals surface area contributed by atoms with E-state index in [1.165, 1.54) is 11.8 Å². The molecule has 94 valence electrons. The summed E-state index contributed by atoms with van der Waals surface area (Å²) in [5, 5.41) is 3.46. The van der Waals surface area contributed by atoms with Crippen molar-refractivity contribution in [3.05, 3.63) is 48.7 Å². The van der Waals surface area contributed by atoms with E-state index < -0.39 is 0 Å². The van der Waals surface area contributed by atoms with Gasteiger partial charge in [-0.25, -0.2) is 0 Å². The molecule has 3 heteroatoms. The van der Waals surface area contributed by atoms with Gasteiger partial charge in [-0.3, -0.25) is 0 Å². The van der Waals surface area contributed by atoms with Crippen LogP contribution in [0.1, 0.15) is 18.0 Å². The van der Waals surface area contributed by atoms with E-state index in [1.54, 1.807) is 7.11 Å². The summed E-state index contributed by atoms with van der Waals surface area (Å²) in [6.07, 6.45) is 2.43. The Morgan fingerprint density at radius 1 is 1.35 bits per heavy atom. The van der Waals surface area contributed by atoms with Gasteiger partial charge in [-0.05, 0) is 18.5 Å². The molecule has 0 aliphatic rings. The van der Waals surface area contributed by atoms with Gasteiger partial charge in [-0.2, -0.15) is 0 Å². The lowest BCUT2D eigenvalue weighted by Gasteiger charge is -2.18. The minimum Gasteiger partial charge on any atom is -0.502 e. The minimum atomic E-state index is 0.241. The molecule has 0 bridgehead atoms. The van der Waals surface area contributed by atoms with Crippen molar-refractivity contribution < 1.29 is 9.47 Å². The molecule has 1 N–H and O–H groups in total. The van der Waals surface area contributed by atoms with Gasteiger partial charge in [0.25, 0.3) is 0 Å². The maximum absolute atomic E-state index is 5.23. The Balaban J connectivity index is 2.36. The molecule has 1 rings (SSSR count). The van der Waals surface area contributed by atoms with Crippen LogP contribution in [-0.4, -0.2) is 26.9 Å². The monoisotopic (exact) mass is 235 g/mol. The first-order valence-electron chi connectivity index (χ1n) is 5.88. The fraction of sp³-hybridized carbons (Fsp3) is 0.429. The predicted molar refractivity (Wildman–Crippen MR) is 69.8 cm³/mol. The van der Waals surface area contributed by atoms with Crippen molar-refractivity contribution in [2.75, 3.05) is 26.9 Å². The molecular formula is C14H21NO2. The average molecular weight is 235 g/mol. The van der Waals surface area contributed by atoms with E-state index in [0.29, 0.717) is 13.2 Å². The third kappa shape index (κ3) is 5.52. The molecule has 0 heterocycles. The van der Waals surface area contributed by atoms with Crippen LogP contribution in [0.3, 0.4) is 0 Å². The van der Waals surface area contributed by atoms with Gasteiger partial charge in [-0.1, -0.05) is 36.9 Å². The van der Waals surface area contributed by atoms with E-state index in [9.17, 15) is 0 Å². The summed E-state index contributed by atoms with van der Waals surface area (Å²) >= 11 is 0. The summed E-state index contributed by atoms with van der Waals surface area (Å²) in [5.74, 6) is 0. The summed E-state index contributed by atoms with van der Waals surface area (Å²) in [6.45, 7) is 5.78. The molecule has 0 aromatic heterocycles. The highest BCUT2D eigenvalue weighted by Crippen LogP contribution is 2.12. The van der Waals surface area contributed by atoms with Crippen LogP contribution in [0, 0.1) is 0 Å². The van der Waals surface area contributed by atoms with Gasteiger partial charge < -0.3 is 14.8 Å². The number of benzene rings is 1. The average Bonchev–Trinajstić information content (AvgIpc) is 2.38. The van der Waals surface area contributed by atoms with Gasteiger partial charge in [0.2, 0.25) is 0 Å². The lowest BCUT2D eigenvalue weighted by Crippen LogP contribution is -2.26. The van der Waals surface area contributed by atoms with E-state index >= 15 is 0 Å². The van der Waals surface area contributed by atoms with Crippen molar-refractivity contribution in [1.29, 1.82) is 0 Å². The third-order valence-electron chi connectivity index (χ3n) is 2.48. The second-order valence-corrected chi connectivity index (χ2v) is 3.76. The van der Waals surface area contributed by atoms with Gasteiger partial charge in [0.15, 0.2) is 0 Å². The maximum Gasteiger partial charge on any atom is 0.0885 e. The van der Waals surface area contributed by atoms with Crippen molar-refractivity contribution in [2.45, 2.75) is 12.5 Å². The van der Waals surface area contributed by atoms with Crippen LogP contribution in [0.5, 0.6) is 0 Å². The SMILES string of the molecule is C=COCCCNC(COC)c1ccccc1. The van der Waals surface area contributed by atoms with Crippen LogP contribution < -0.4 is 5.32 Å². The van der Waals surface area contributed by atoms with Gasteiger partial charge >= 0.3 is 0 Å². The summed E-state index contributed by atoms with van der Waals surface area (Å²) < 4.78 is 10.3. The zero-order valence-corrected chi connectivity index (χ0v) is 10.4. The molecular weight excluding hydrogens is 214 g/mol. The number of ether oxygens (including phenoxy) is 2. The Morgan fingerprint density at radius 2 is 2.12 bits per heavy atom.